The molecule has 0 aliphatic heterocycles. The van der Waals surface area contributed by atoms with Gasteiger partial charge >= 0.3 is 0 Å². The molecule has 1 unspecified atom stereocenters. The Kier molecular flexibility index (Phi) is 4.38. The number of hydrogen-bond donors (Lipinski definition) is 1. The van der Waals surface area contributed by atoms with E-state index >= 15 is 0 Å². The maximum Gasteiger partial charge on any atom is 0.0340 e. The maximum atomic E-state index is 3.55. The van der Waals surface area contributed by atoms with Gasteiger partial charge in [0.1, 0.15) is 0 Å². The van der Waals surface area contributed by atoms with Crippen LogP contribution in [0.15, 0.2) is 47.2 Å². The highest BCUT2D eigenvalue weighted by molar-refractivity contribution is 7.07. The molecule has 1 heterocycles. The van der Waals surface area contributed by atoms with Crippen molar-refractivity contribution in [3.05, 3.63) is 52.7 Å². The van der Waals surface area contributed by atoms with E-state index in [1.54, 1.807) is 11.3 Å². The molecule has 2 nitrogen and oxygen atoms in total. The fraction of sp³-hybridized carbons (Fsp3) is 0.412. The number of thiophene rings is 1. The summed E-state index contributed by atoms with van der Waals surface area (Å²) in [5.41, 5.74) is 2.67. The number of anilines is 1. The Morgan fingerprint density at radius 3 is 2.70 bits per heavy atom. The highest BCUT2D eigenvalue weighted by Crippen LogP contribution is 2.30. The Morgan fingerprint density at radius 2 is 2.05 bits per heavy atom. The van der Waals surface area contributed by atoms with E-state index in [-0.39, 0.29) is 0 Å². The second-order valence-corrected chi connectivity index (χ2v) is 6.41. The molecule has 1 aliphatic carbocycles. The lowest BCUT2D eigenvalue weighted by molar-refractivity contribution is 0.197. The van der Waals surface area contributed by atoms with Gasteiger partial charge in [0.15, 0.2) is 0 Å². The lowest BCUT2D eigenvalue weighted by atomic mass is 10.2. The van der Waals surface area contributed by atoms with Crippen molar-refractivity contribution < 1.29 is 0 Å². The molecule has 3 rings (SSSR count). The molecule has 0 saturated heterocycles. The number of hydrogen-bond acceptors (Lipinski definition) is 3. The number of nitrogens with zero attached hydrogens (tertiary/aromatic N) is 1. The standard InChI is InChI=1S/C17H22N2S/c1-14(11-18-16-5-3-2-4-6-16)19(17-7-8-17)12-15-9-10-20-13-15/h2-6,9-10,13-14,17-18H,7-8,11-12H2,1H3. The molecule has 0 amide bonds. The lowest BCUT2D eigenvalue weighted by Crippen LogP contribution is -2.39. The van der Waals surface area contributed by atoms with Gasteiger partial charge in [0.05, 0.1) is 0 Å². The van der Waals surface area contributed by atoms with E-state index in [1.807, 2.05) is 0 Å². The van der Waals surface area contributed by atoms with Crippen LogP contribution in [0.25, 0.3) is 0 Å². The Bertz CT molecular complexity index is 505. The Labute approximate surface area is 125 Å². The lowest BCUT2D eigenvalue weighted by Gasteiger charge is -2.29. The highest BCUT2D eigenvalue weighted by atomic mass is 32.1. The third-order valence-corrected chi connectivity index (χ3v) is 4.63. The Hall–Kier alpha value is -1.32. The molecule has 3 heteroatoms. The first-order chi connectivity index (χ1) is 9.83. The molecule has 1 atom stereocenters. The summed E-state index contributed by atoms with van der Waals surface area (Å²) in [6.45, 7) is 4.43. The second-order valence-electron chi connectivity index (χ2n) is 5.63. The second kappa shape index (κ2) is 6.42. The van der Waals surface area contributed by atoms with Gasteiger partial charge in [-0.1, -0.05) is 18.2 Å². The predicted molar refractivity (Wildman–Crippen MR) is 87.3 cm³/mol. The first kappa shape index (κ1) is 13.7. The van der Waals surface area contributed by atoms with Crippen LogP contribution in [0.4, 0.5) is 5.69 Å². The van der Waals surface area contributed by atoms with Crippen molar-refractivity contribution in [2.75, 3.05) is 11.9 Å². The van der Waals surface area contributed by atoms with Crippen LogP contribution in [0.3, 0.4) is 0 Å². The minimum absolute atomic E-state index is 0.558. The van der Waals surface area contributed by atoms with Crippen LogP contribution >= 0.6 is 11.3 Å². The van der Waals surface area contributed by atoms with E-state index < -0.39 is 0 Å². The molecule has 1 saturated carbocycles. The van der Waals surface area contributed by atoms with E-state index in [4.69, 9.17) is 0 Å². The van der Waals surface area contributed by atoms with E-state index in [0.717, 1.165) is 19.1 Å². The quantitative estimate of drug-likeness (QED) is 0.820. The number of para-hydroxylation sites is 1. The number of rotatable bonds is 7. The van der Waals surface area contributed by atoms with E-state index in [2.05, 4.69) is 64.3 Å². The van der Waals surface area contributed by atoms with Crippen molar-refractivity contribution in [3.63, 3.8) is 0 Å². The van der Waals surface area contributed by atoms with E-state index in [9.17, 15) is 0 Å². The first-order valence-electron chi connectivity index (χ1n) is 7.38. The van der Waals surface area contributed by atoms with Crippen LogP contribution < -0.4 is 5.32 Å². The smallest absolute Gasteiger partial charge is 0.0340 e. The van der Waals surface area contributed by atoms with Gasteiger partial charge in [0.2, 0.25) is 0 Å². The molecule has 20 heavy (non-hydrogen) atoms. The molecule has 106 valence electrons. The summed E-state index contributed by atoms with van der Waals surface area (Å²) in [6, 6.07) is 14.1. The van der Waals surface area contributed by atoms with E-state index in [0.29, 0.717) is 6.04 Å². The average molecular weight is 286 g/mol. The molecule has 1 N–H and O–H groups in total. The zero-order chi connectivity index (χ0) is 13.8. The normalized spacial score (nSPS) is 16.3. The average Bonchev–Trinajstić information content (AvgIpc) is 3.20. The molecular weight excluding hydrogens is 264 g/mol. The molecular formula is C17H22N2S. The molecule has 1 aromatic heterocycles. The summed E-state index contributed by atoms with van der Waals surface area (Å²) < 4.78 is 0. The van der Waals surface area contributed by atoms with Gasteiger partial charge < -0.3 is 5.32 Å². The van der Waals surface area contributed by atoms with Crippen molar-refractivity contribution >= 4 is 17.0 Å². The summed E-state index contributed by atoms with van der Waals surface area (Å²) in [5, 5.41) is 7.99. The van der Waals surface area contributed by atoms with Crippen LogP contribution in [0, 0.1) is 0 Å². The largest absolute Gasteiger partial charge is 0.383 e. The van der Waals surface area contributed by atoms with Gasteiger partial charge in [-0.15, -0.1) is 0 Å². The van der Waals surface area contributed by atoms with Crippen LogP contribution in [-0.2, 0) is 6.54 Å². The summed E-state index contributed by atoms with van der Waals surface area (Å²) in [4.78, 5) is 2.65. The first-order valence-corrected chi connectivity index (χ1v) is 8.33. The fourth-order valence-corrected chi connectivity index (χ4v) is 3.24. The topological polar surface area (TPSA) is 15.3 Å². The summed E-state index contributed by atoms with van der Waals surface area (Å²) in [5.74, 6) is 0. The van der Waals surface area contributed by atoms with E-state index in [1.165, 1.54) is 24.1 Å². The summed E-state index contributed by atoms with van der Waals surface area (Å²) in [7, 11) is 0. The molecule has 0 spiro atoms. The van der Waals surface area contributed by atoms with Crippen LogP contribution in [0.2, 0.25) is 0 Å². The molecule has 1 fully saturated rings. The van der Waals surface area contributed by atoms with Gasteiger partial charge in [0.25, 0.3) is 0 Å². The van der Waals surface area contributed by atoms with Gasteiger partial charge in [-0.05, 0) is 54.3 Å². The Balaban J connectivity index is 1.57. The third-order valence-electron chi connectivity index (χ3n) is 3.90. The minimum atomic E-state index is 0.558. The Morgan fingerprint density at radius 1 is 1.25 bits per heavy atom. The monoisotopic (exact) mass is 286 g/mol. The SMILES string of the molecule is CC(CNc1ccccc1)N(Cc1ccsc1)C1CC1. The number of benzene rings is 1. The van der Waals surface area contributed by atoms with Gasteiger partial charge in [-0.25, -0.2) is 0 Å². The molecule has 0 bridgehead atoms. The van der Waals surface area contributed by atoms with Gasteiger partial charge in [0, 0.05) is 30.9 Å². The van der Waals surface area contributed by atoms with Crippen molar-refractivity contribution in [3.8, 4) is 0 Å². The van der Waals surface area contributed by atoms with Crippen LogP contribution in [0.1, 0.15) is 25.3 Å². The summed E-state index contributed by atoms with van der Waals surface area (Å²) >= 11 is 1.79. The minimum Gasteiger partial charge on any atom is -0.383 e. The summed E-state index contributed by atoms with van der Waals surface area (Å²) in [6.07, 6.45) is 2.72. The molecule has 2 aromatic rings. The maximum absolute atomic E-state index is 3.55. The third kappa shape index (κ3) is 3.62. The fourth-order valence-electron chi connectivity index (χ4n) is 2.58. The van der Waals surface area contributed by atoms with Gasteiger partial charge in [-0.3, -0.25) is 4.90 Å². The molecule has 1 aliphatic rings. The van der Waals surface area contributed by atoms with Crippen molar-refractivity contribution in [2.45, 2.75) is 38.4 Å². The van der Waals surface area contributed by atoms with Crippen LogP contribution in [0.5, 0.6) is 0 Å². The number of nitrogens with one attached hydrogen (secondary N) is 1. The van der Waals surface area contributed by atoms with Crippen molar-refractivity contribution in [1.29, 1.82) is 0 Å². The predicted octanol–water partition coefficient (Wildman–Crippen LogP) is 4.21. The van der Waals surface area contributed by atoms with Crippen molar-refractivity contribution in [2.24, 2.45) is 0 Å². The zero-order valence-corrected chi connectivity index (χ0v) is 12.8. The molecule has 1 aromatic carbocycles. The zero-order valence-electron chi connectivity index (χ0n) is 12.0. The van der Waals surface area contributed by atoms with Crippen molar-refractivity contribution in [1.82, 2.24) is 4.90 Å². The highest BCUT2D eigenvalue weighted by Gasteiger charge is 2.32. The molecule has 0 radical (unpaired) electrons. The van der Waals surface area contributed by atoms with Crippen LogP contribution in [-0.4, -0.2) is 23.5 Å². The van der Waals surface area contributed by atoms with Gasteiger partial charge in [-0.2, -0.15) is 11.3 Å².